The summed E-state index contributed by atoms with van der Waals surface area (Å²) in [5.41, 5.74) is 13.2. The molecule has 0 aromatic heterocycles. The molecule has 1 rings (SSSR count). The molecule has 0 heterocycles. The third-order valence-electron chi connectivity index (χ3n) is 2.33. The van der Waals surface area contributed by atoms with E-state index in [2.05, 4.69) is 37.4 Å². The first-order chi connectivity index (χ1) is 5.69. The van der Waals surface area contributed by atoms with Crippen molar-refractivity contribution in [2.24, 2.45) is 0 Å². The molecule has 0 aliphatic carbocycles. The third kappa shape index (κ3) is 2.69. The van der Waals surface area contributed by atoms with Gasteiger partial charge in [0.25, 0.3) is 0 Å². The Kier molecular flexibility index (Phi) is 4.99. The quantitative estimate of drug-likeness (QED) is 0.507. The van der Waals surface area contributed by atoms with Gasteiger partial charge in [0.05, 0.1) is 13.1 Å². The van der Waals surface area contributed by atoms with E-state index in [1.165, 1.54) is 22.3 Å². The molecule has 0 saturated carbocycles. The zero-order valence-corrected chi connectivity index (χ0v) is 9.12. The standard InChI is InChI=1S/C10H16N2.ClH/c1-7-3-10(6-12)8(2)4-9(7)5-11;/h3-4H,5-6,11-12H2,1-2H3;1H/p+1. The average Bonchev–Trinajstić information content (AvgIpc) is 2.08. The van der Waals surface area contributed by atoms with Crippen molar-refractivity contribution < 1.29 is 23.9 Å². The first-order valence-corrected chi connectivity index (χ1v) is 4.36. The number of hydrogen-bond donors (Lipinski definition) is 2. The third-order valence-corrected chi connectivity index (χ3v) is 2.33. The van der Waals surface area contributed by atoms with Crippen LogP contribution in [0.2, 0.25) is 0 Å². The molecule has 0 amide bonds. The van der Waals surface area contributed by atoms with Crippen LogP contribution in [-0.2, 0) is 13.1 Å². The SMILES string of the molecule is Cc1cc(C[NH3+])c(C)cc1C[NH3+].[Cl-]. The summed E-state index contributed by atoms with van der Waals surface area (Å²) in [7, 11) is 0. The van der Waals surface area contributed by atoms with E-state index in [0.29, 0.717) is 0 Å². The number of hydrogen-bond acceptors (Lipinski definition) is 0. The summed E-state index contributed by atoms with van der Waals surface area (Å²) in [6.07, 6.45) is 0. The Morgan fingerprint density at radius 2 is 1.23 bits per heavy atom. The number of benzene rings is 1. The van der Waals surface area contributed by atoms with Gasteiger partial charge in [0.1, 0.15) is 0 Å². The Morgan fingerprint density at radius 3 is 1.46 bits per heavy atom. The van der Waals surface area contributed by atoms with Crippen molar-refractivity contribution in [2.45, 2.75) is 26.9 Å². The highest BCUT2D eigenvalue weighted by atomic mass is 35.5. The molecule has 3 heteroatoms. The Hall–Kier alpha value is -0.570. The predicted molar refractivity (Wildman–Crippen MR) is 49.1 cm³/mol. The lowest BCUT2D eigenvalue weighted by atomic mass is 10.0. The van der Waals surface area contributed by atoms with Gasteiger partial charge in [-0.25, -0.2) is 0 Å². The van der Waals surface area contributed by atoms with Gasteiger partial charge in [-0.1, -0.05) is 0 Å². The highest BCUT2D eigenvalue weighted by Crippen LogP contribution is 2.14. The molecule has 0 fully saturated rings. The average molecular weight is 202 g/mol. The van der Waals surface area contributed by atoms with Gasteiger partial charge in [0.15, 0.2) is 0 Å². The van der Waals surface area contributed by atoms with Crippen LogP contribution in [-0.4, -0.2) is 0 Å². The van der Waals surface area contributed by atoms with Gasteiger partial charge in [-0.2, -0.15) is 0 Å². The van der Waals surface area contributed by atoms with E-state index in [1.54, 1.807) is 0 Å². The molecule has 74 valence electrons. The van der Waals surface area contributed by atoms with Crippen LogP contribution in [0.3, 0.4) is 0 Å². The van der Waals surface area contributed by atoms with E-state index in [1.807, 2.05) is 0 Å². The van der Waals surface area contributed by atoms with E-state index in [0.717, 1.165) is 13.1 Å². The van der Waals surface area contributed by atoms with Gasteiger partial charge in [-0.15, -0.1) is 0 Å². The number of quaternary nitrogens is 2. The van der Waals surface area contributed by atoms with Crippen LogP contribution in [0.25, 0.3) is 0 Å². The Morgan fingerprint density at radius 1 is 0.923 bits per heavy atom. The van der Waals surface area contributed by atoms with Gasteiger partial charge in [0.2, 0.25) is 0 Å². The monoisotopic (exact) mass is 201 g/mol. The second-order valence-corrected chi connectivity index (χ2v) is 3.21. The van der Waals surface area contributed by atoms with Crippen molar-refractivity contribution >= 4 is 0 Å². The summed E-state index contributed by atoms with van der Waals surface area (Å²) < 4.78 is 0. The van der Waals surface area contributed by atoms with E-state index in [-0.39, 0.29) is 12.4 Å². The number of aryl methyl sites for hydroxylation is 2. The molecular formula is C10H18ClN2+. The van der Waals surface area contributed by atoms with Gasteiger partial charge >= 0.3 is 0 Å². The van der Waals surface area contributed by atoms with Gasteiger partial charge < -0.3 is 23.9 Å². The van der Waals surface area contributed by atoms with Crippen LogP contribution < -0.4 is 23.9 Å². The lowest BCUT2D eigenvalue weighted by Crippen LogP contribution is -3.00. The van der Waals surface area contributed by atoms with Gasteiger partial charge in [-0.3, -0.25) is 0 Å². The largest absolute Gasteiger partial charge is 1.00 e. The van der Waals surface area contributed by atoms with Crippen molar-refractivity contribution in [2.75, 3.05) is 0 Å². The summed E-state index contributed by atoms with van der Waals surface area (Å²) in [6.45, 7) is 6.03. The van der Waals surface area contributed by atoms with Crippen LogP contribution >= 0.6 is 0 Å². The zero-order chi connectivity index (χ0) is 9.14. The fourth-order valence-corrected chi connectivity index (χ4v) is 1.47. The first kappa shape index (κ1) is 12.4. The van der Waals surface area contributed by atoms with E-state index < -0.39 is 0 Å². The molecule has 0 saturated heterocycles. The van der Waals surface area contributed by atoms with Crippen molar-refractivity contribution in [3.8, 4) is 0 Å². The molecule has 13 heavy (non-hydrogen) atoms. The van der Waals surface area contributed by atoms with E-state index in [4.69, 9.17) is 0 Å². The normalized spacial score (nSPS) is 9.54. The minimum absolute atomic E-state index is 0. The molecule has 0 spiro atoms. The summed E-state index contributed by atoms with van der Waals surface area (Å²) in [5.74, 6) is 0. The van der Waals surface area contributed by atoms with Crippen LogP contribution in [0.1, 0.15) is 22.3 Å². The molecule has 0 aliphatic rings. The van der Waals surface area contributed by atoms with Crippen molar-refractivity contribution in [3.63, 3.8) is 0 Å². The second-order valence-electron chi connectivity index (χ2n) is 3.21. The fourth-order valence-electron chi connectivity index (χ4n) is 1.47. The maximum atomic E-state index is 3.90. The summed E-state index contributed by atoms with van der Waals surface area (Å²) in [6, 6.07) is 4.45. The van der Waals surface area contributed by atoms with Gasteiger partial charge in [-0.05, 0) is 37.1 Å². The molecular weight excluding hydrogens is 184 g/mol. The van der Waals surface area contributed by atoms with Crippen molar-refractivity contribution in [3.05, 3.63) is 34.4 Å². The topological polar surface area (TPSA) is 55.3 Å². The summed E-state index contributed by atoms with van der Waals surface area (Å²) >= 11 is 0. The van der Waals surface area contributed by atoms with Crippen LogP contribution in [0.4, 0.5) is 0 Å². The van der Waals surface area contributed by atoms with E-state index in [9.17, 15) is 0 Å². The fraction of sp³-hybridized carbons (Fsp3) is 0.400. The van der Waals surface area contributed by atoms with Crippen molar-refractivity contribution in [1.82, 2.24) is 0 Å². The number of rotatable bonds is 2. The molecule has 6 N–H and O–H groups in total. The molecule has 0 atom stereocenters. The maximum Gasteiger partial charge on any atom is 0.0999 e. The molecule has 2 nitrogen and oxygen atoms in total. The summed E-state index contributed by atoms with van der Waals surface area (Å²) in [5, 5.41) is 0. The summed E-state index contributed by atoms with van der Waals surface area (Å²) in [4.78, 5) is 0. The molecule has 0 aliphatic heterocycles. The van der Waals surface area contributed by atoms with E-state index >= 15 is 0 Å². The molecule has 1 aromatic rings. The van der Waals surface area contributed by atoms with Crippen LogP contribution in [0, 0.1) is 13.8 Å². The predicted octanol–water partition coefficient (Wildman–Crippen LogP) is -3.21. The van der Waals surface area contributed by atoms with Gasteiger partial charge in [0, 0.05) is 11.1 Å². The second kappa shape index (κ2) is 5.22. The van der Waals surface area contributed by atoms with Crippen LogP contribution in [0.5, 0.6) is 0 Å². The molecule has 0 bridgehead atoms. The number of halogens is 1. The smallest absolute Gasteiger partial charge is 0.0999 e. The Balaban J connectivity index is 0.00000144. The lowest BCUT2D eigenvalue weighted by molar-refractivity contribution is -0.387. The Labute approximate surface area is 85.7 Å². The highest BCUT2D eigenvalue weighted by Gasteiger charge is 2.03. The Bertz CT molecular complexity index is 255. The minimum Gasteiger partial charge on any atom is -1.00 e. The lowest BCUT2D eigenvalue weighted by Gasteiger charge is -2.06. The zero-order valence-electron chi connectivity index (χ0n) is 8.36. The molecule has 0 unspecified atom stereocenters. The first-order valence-electron chi connectivity index (χ1n) is 4.36. The minimum atomic E-state index is 0. The van der Waals surface area contributed by atoms with Crippen LogP contribution in [0.15, 0.2) is 12.1 Å². The molecule has 1 aromatic carbocycles. The molecule has 0 radical (unpaired) electrons. The maximum absolute atomic E-state index is 3.90. The highest BCUT2D eigenvalue weighted by molar-refractivity contribution is 5.36. The van der Waals surface area contributed by atoms with Crippen molar-refractivity contribution in [1.29, 1.82) is 0 Å².